The highest BCUT2D eigenvalue weighted by atomic mass is 15.3. The average Bonchev–Trinajstić information content (AvgIpc) is 2.77. The number of hydrogen-bond acceptors (Lipinski definition) is 4. The SMILES string of the molecule is Cc1cc(C)n(CCCNc2c(N)c(C)nn2C)n1. The van der Waals surface area contributed by atoms with Gasteiger partial charge in [0.05, 0.1) is 17.1 Å². The minimum absolute atomic E-state index is 0.730. The summed E-state index contributed by atoms with van der Waals surface area (Å²) in [5, 5.41) is 12.1. The normalized spacial score (nSPS) is 10.9. The van der Waals surface area contributed by atoms with Gasteiger partial charge in [-0.05, 0) is 33.3 Å². The number of aromatic nitrogens is 4. The molecule has 0 aliphatic heterocycles. The summed E-state index contributed by atoms with van der Waals surface area (Å²) in [6.07, 6.45) is 0.992. The Bertz CT molecular complexity index is 566. The van der Waals surface area contributed by atoms with Crippen molar-refractivity contribution in [2.24, 2.45) is 7.05 Å². The lowest BCUT2D eigenvalue weighted by Crippen LogP contribution is -2.11. The molecule has 0 aliphatic carbocycles. The van der Waals surface area contributed by atoms with Crippen LogP contribution >= 0.6 is 0 Å². The number of nitrogen functional groups attached to an aromatic ring is 1. The Balaban J connectivity index is 1.86. The molecule has 0 fully saturated rings. The molecule has 3 N–H and O–H groups in total. The van der Waals surface area contributed by atoms with Gasteiger partial charge in [-0.1, -0.05) is 0 Å². The first-order valence-electron chi connectivity index (χ1n) is 6.53. The predicted molar refractivity (Wildman–Crippen MR) is 77.2 cm³/mol. The number of aryl methyl sites for hydroxylation is 5. The third kappa shape index (κ3) is 2.89. The molecular formula is C13H22N6. The van der Waals surface area contributed by atoms with Gasteiger partial charge in [-0.3, -0.25) is 9.36 Å². The Kier molecular flexibility index (Phi) is 3.78. The highest BCUT2D eigenvalue weighted by Gasteiger charge is 2.08. The van der Waals surface area contributed by atoms with E-state index in [4.69, 9.17) is 5.73 Å². The second-order valence-corrected chi connectivity index (χ2v) is 4.90. The molecule has 6 nitrogen and oxygen atoms in total. The molecule has 0 atom stereocenters. The summed E-state index contributed by atoms with van der Waals surface area (Å²) in [4.78, 5) is 0. The Hall–Kier alpha value is -1.98. The first-order chi connectivity index (χ1) is 8.99. The molecule has 0 aromatic carbocycles. The van der Waals surface area contributed by atoms with Gasteiger partial charge < -0.3 is 11.1 Å². The lowest BCUT2D eigenvalue weighted by molar-refractivity contribution is 0.572. The van der Waals surface area contributed by atoms with E-state index in [1.807, 2.05) is 25.6 Å². The number of rotatable bonds is 5. The van der Waals surface area contributed by atoms with Gasteiger partial charge in [-0.25, -0.2) is 0 Å². The lowest BCUT2D eigenvalue weighted by Gasteiger charge is -2.08. The van der Waals surface area contributed by atoms with Gasteiger partial charge in [0.25, 0.3) is 0 Å². The van der Waals surface area contributed by atoms with Crippen molar-refractivity contribution >= 4 is 11.5 Å². The fraction of sp³-hybridized carbons (Fsp3) is 0.538. The first kappa shape index (κ1) is 13.5. The number of anilines is 2. The number of hydrogen-bond donors (Lipinski definition) is 2. The Labute approximate surface area is 113 Å². The smallest absolute Gasteiger partial charge is 0.147 e. The van der Waals surface area contributed by atoms with Crippen molar-refractivity contribution in [3.8, 4) is 0 Å². The molecule has 2 aromatic rings. The van der Waals surface area contributed by atoms with Crippen LogP contribution in [-0.4, -0.2) is 26.1 Å². The van der Waals surface area contributed by atoms with Crippen molar-refractivity contribution in [1.82, 2.24) is 19.6 Å². The van der Waals surface area contributed by atoms with E-state index in [9.17, 15) is 0 Å². The van der Waals surface area contributed by atoms with E-state index >= 15 is 0 Å². The summed E-state index contributed by atoms with van der Waals surface area (Å²) >= 11 is 0. The molecule has 0 saturated carbocycles. The molecule has 0 radical (unpaired) electrons. The summed E-state index contributed by atoms with van der Waals surface area (Å²) in [7, 11) is 1.90. The molecule has 6 heteroatoms. The molecule has 0 amide bonds. The third-order valence-corrected chi connectivity index (χ3v) is 3.21. The van der Waals surface area contributed by atoms with Crippen LogP contribution in [0, 0.1) is 20.8 Å². The number of nitrogens with one attached hydrogen (secondary N) is 1. The zero-order valence-electron chi connectivity index (χ0n) is 12.1. The van der Waals surface area contributed by atoms with Crippen LogP contribution in [0.2, 0.25) is 0 Å². The van der Waals surface area contributed by atoms with Gasteiger partial charge >= 0.3 is 0 Å². The maximum atomic E-state index is 5.96. The molecule has 19 heavy (non-hydrogen) atoms. The molecule has 2 heterocycles. The average molecular weight is 262 g/mol. The summed E-state index contributed by atoms with van der Waals surface area (Å²) in [6, 6.07) is 2.09. The topological polar surface area (TPSA) is 73.7 Å². The maximum absolute atomic E-state index is 5.96. The highest BCUT2D eigenvalue weighted by molar-refractivity contribution is 5.64. The van der Waals surface area contributed by atoms with Crippen LogP contribution in [0.4, 0.5) is 11.5 Å². The second-order valence-electron chi connectivity index (χ2n) is 4.90. The molecule has 0 bridgehead atoms. The fourth-order valence-corrected chi connectivity index (χ4v) is 2.22. The highest BCUT2D eigenvalue weighted by Crippen LogP contribution is 2.20. The van der Waals surface area contributed by atoms with Crippen molar-refractivity contribution < 1.29 is 0 Å². The van der Waals surface area contributed by atoms with E-state index in [0.717, 1.165) is 42.4 Å². The standard InChI is InChI=1S/C13H22N6/c1-9-8-10(2)19(16-9)7-5-6-15-13-12(14)11(3)17-18(13)4/h8,15H,5-7,14H2,1-4H3. The van der Waals surface area contributed by atoms with E-state index in [-0.39, 0.29) is 0 Å². The molecule has 0 saturated heterocycles. The molecule has 104 valence electrons. The zero-order chi connectivity index (χ0) is 14.0. The summed E-state index contributed by atoms with van der Waals surface area (Å²) in [6.45, 7) is 7.76. The van der Waals surface area contributed by atoms with Crippen LogP contribution < -0.4 is 11.1 Å². The summed E-state index contributed by atoms with van der Waals surface area (Å²) in [5.74, 6) is 0.894. The molecule has 0 spiro atoms. The second kappa shape index (κ2) is 5.34. The summed E-state index contributed by atoms with van der Waals surface area (Å²) < 4.78 is 3.82. The first-order valence-corrected chi connectivity index (χ1v) is 6.53. The van der Waals surface area contributed by atoms with Crippen LogP contribution in [0.25, 0.3) is 0 Å². The zero-order valence-corrected chi connectivity index (χ0v) is 12.1. The maximum Gasteiger partial charge on any atom is 0.147 e. The van der Waals surface area contributed by atoms with Crippen molar-refractivity contribution in [3.63, 3.8) is 0 Å². The van der Waals surface area contributed by atoms with Crippen molar-refractivity contribution in [2.75, 3.05) is 17.6 Å². The van der Waals surface area contributed by atoms with E-state index in [1.165, 1.54) is 5.69 Å². The van der Waals surface area contributed by atoms with E-state index in [0.29, 0.717) is 0 Å². The van der Waals surface area contributed by atoms with Crippen LogP contribution in [0.15, 0.2) is 6.07 Å². The molecule has 2 rings (SSSR count). The Morgan fingerprint density at radius 2 is 2.00 bits per heavy atom. The van der Waals surface area contributed by atoms with Gasteiger partial charge in [0.1, 0.15) is 5.82 Å². The van der Waals surface area contributed by atoms with Gasteiger partial charge in [-0.15, -0.1) is 0 Å². The molecule has 0 aliphatic rings. The number of nitrogens with two attached hydrogens (primary N) is 1. The van der Waals surface area contributed by atoms with E-state index < -0.39 is 0 Å². The van der Waals surface area contributed by atoms with Crippen LogP contribution in [0.3, 0.4) is 0 Å². The minimum atomic E-state index is 0.730. The summed E-state index contributed by atoms with van der Waals surface area (Å²) in [5.41, 5.74) is 9.82. The predicted octanol–water partition coefficient (Wildman–Crippen LogP) is 1.63. The Morgan fingerprint density at radius 1 is 1.26 bits per heavy atom. The number of nitrogens with zero attached hydrogens (tertiary/aromatic N) is 4. The quantitative estimate of drug-likeness (QED) is 0.803. The van der Waals surface area contributed by atoms with Crippen molar-refractivity contribution in [1.29, 1.82) is 0 Å². The molecule has 0 unspecified atom stereocenters. The molecule has 2 aromatic heterocycles. The third-order valence-electron chi connectivity index (χ3n) is 3.21. The lowest BCUT2D eigenvalue weighted by atomic mass is 10.3. The van der Waals surface area contributed by atoms with Gasteiger partial charge in [0, 0.05) is 25.8 Å². The fourth-order valence-electron chi connectivity index (χ4n) is 2.22. The van der Waals surface area contributed by atoms with Crippen molar-refractivity contribution in [2.45, 2.75) is 33.7 Å². The van der Waals surface area contributed by atoms with E-state index in [1.54, 1.807) is 4.68 Å². The monoisotopic (exact) mass is 262 g/mol. The van der Waals surface area contributed by atoms with Crippen LogP contribution in [-0.2, 0) is 13.6 Å². The van der Waals surface area contributed by atoms with Crippen LogP contribution in [0.1, 0.15) is 23.5 Å². The largest absolute Gasteiger partial charge is 0.394 e. The van der Waals surface area contributed by atoms with Crippen LogP contribution in [0.5, 0.6) is 0 Å². The Morgan fingerprint density at radius 3 is 2.53 bits per heavy atom. The molecular weight excluding hydrogens is 240 g/mol. The van der Waals surface area contributed by atoms with Gasteiger partial charge in [0.15, 0.2) is 0 Å². The van der Waals surface area contributed by atoms with E-state index in [2.05, 4.69) is 28.5 Å². The van der Waals surface area contributed by atoms with Gasteiger partial charge in [0.2, 0.25) is 0 Å². The minimum Gasteiger partial charge on any atom is -0.394 e. The van der Waals surface area contributed by atoms with Gasteiger partial charge in [-0.2, -0.15) is 10.2 Å². The van der Waals surface area contributed by atoms with Crippen molar-refractivity contribution in [3.05, 3.63) is 23.1 Å².